The van der Waals surface area contributed by atoms with E-state index in [-0.39, 0.29) is 17.1 Å². The van der Waals surface area contributed by atoms with E-state index in [9.17, 15) is 13.2 Å². The molecule has 4 bridgehead atoms. The number of ketones is 1. The second-order valence-electron chi connectivity index (χ2n) is 13.8. The van der Waals surface area contributed by atoms with Crippen molar-refractivity contribution in [2.45, 2.75) is 89.5 Å². The molecule has 5 atom stereocenters. The molecule has 5 aliphatic rings. The first-order chi connectivity index (χ1) is 19.5. The summed E-state index contributed by atoms with van der Waals surface area (Å²) in [5.74, 6) is 2.85. The summed E-state index contributed by atoms with van der Waals surface area (Å²) >= 11 is 0. The van der Waals surface area contributed by atoms with Gasteiger partial charge in [-0.1, -0.05) is 32.8 Å². The van der Waals surface area contributed by atoms with E-state index in [1.165, 1.54) is 45.1 Å². The molecule has 1 N–H and O–H groups in total. The Morgan fingerprint density at radius 2 is 1.93 bits per heavy atom. The summed E-state index contributed by atoms with van der Waals surface area (Å²) in [5, 5.41) is 0. The largest absolute Gasteiger partial charge is 0.497 e. The van der Waals surface area contributed by atoms with Crippen LogP contribution >= 0.6 is 0 Å². The third kappa shape index (κ3) is 4.88. The van der Waals surface area contributed by atoms with Crippen LogP contribution in [0.1, 0.15) is 82.1 Å². The lowest BCUT2D eigenvalue weighted by Gasteiger charge is -2.59. The molecule has 4 aliphatic carbocycles. The van der Waals surface area contributed by atoms with Gasteiger partial charge in [0, 0.05) is 30.8 Å². The number of ether oxygens (including phenoxy) is 1. The summed E-state index contributed by atoms with van der Waals surface area (Å²) in [7, 11) is -2.28. The molecule has 2 aromatic rings. The molecular weight excluding hydrogens is 538 g/mol. The van der Waals surface area contributed by atoms with E-state index in [1.54, 1.807) is 24.5 Å². The number of Topliss-reactive ketones (excluding diaryl/α,β-unsaturated/α-hetero) is 1. The van der Waals surface area contributed by atoms with Crippen LogP contribution in [0.2, 0.25) is 0 Å². The average molecular weight is 584 g/mol. The summed E-state index contributed by atoms with van der Waals surface area (Å²) in [5.41, 5.74) is 2.46. The molecule has 0 spiro atoms. The van der Waals surface area contributed by atoms with E-state index in [4.69, 9.17) is 13.7 Å². The predicted molar refractivity (Wildman–Crippen MR) is 158 cm³/mol. The number of fused-ring (bicyclic) bond motifs is 3. The van der Waals surface area contributed by atoms with E-state index in [2.05, 4.69) is 29.2 Å². The average Bonchev–Trinajstić information content (AvgIpc) is 3.59. The Morgan fingerprint density at radius 3 is 2.59 bits per heavy atom. The fraction of sp³-hybridized carbons (Fsp3) is 0.667. The second kappa shape index (κ2) is 10.5. The molecule has 8 heteroatoms. The van der Waals surface area contributed by atoms with Crippen molar-refractivity contribution >= 4 is 15.9 Å². The van der Waals surface area contributed by atoms with Crippen LogP contribution in [-0.4, -0.2) is 55.6 Å². The normalized spacial score (nSPS) is 33.5. The van der Waals surface area contributed by atoms with Gasteiger partial charge in [-0.25, -0.2) is 0 Å². The van der Waals surface area contributed by atoms with Gasteiger partial charge in [-0.05, 0) is 97.7 Å². The number of likely N-dealkylation sites (tertiary alicyclic amines) is 1. The molecule has 1 aromatic heterocycles. The van der Waals surface area contributed by atoms with Crippen LogP contribution in [0.3, 0.4) is 0 Å². The standard InChI is InChI=1S/C23H29NO2.C10H16O4S/c1-25-19-8-7-17-15-22-20-6-2-3-10-23(20,21(17)16-19)11-13-24(22)12-9-18-5-4-14-26-18;1-9(2)7-3-4-10(9,8(11)5-7)6-15(12,13)14/h4-5,7-8,14,16,20,22H,2-3,6,9-13,15H2,1H3;7H,3-6H2,1-2H3,(H,12,13,14)/t20-,22+,23+;7-,10-/m01/s1. The molecule has 0 unspecified atom stereocenters. The molecule has 0 amide bonds. The lowest BCUT2D eigenvalue weighted by atomic mass is 9.52. The number of rotatable bonds is 6. The Kier molecular flexibility index (Phi) is 7.43. The van der Waals surface area contributed by atoms with E-state index in [1.807, 2.05) is 19.9 Å². The first-order valence-corrected chi connectivity index (χ1v) is 17.0. The molecule has 224 valence electrons. The van der Waals surface area contributed by atoms with Gasteiger partial charge in [0.2, 0.25) is 0 Å². The number of hydrogen-bond acceptors (Lipinski definition) is 6. The smallest absolute Gasteiger partial charge is 0.265 e. The third-order valence-electron chi connectivity index (χ3n) is 12.0. The van der Waals surface area contributed by atoms with Gasteiger partial charge in [0.25, 0.3) is 10.1 Å². The lowest BCUT2D eigenvalue weighted by molar-refractivity contribution is -0.128. The summed E-state index contributed by atoms with van der Waals surface area (Å²) < 4.78 is 42.1. The Hall–Kier alpha value is -2.16. The van der Waals surface area contributed by atoms with Crippen molar-refractivity contribution in [2.24, 2.45) is 22.7 Å². The Labute approximate surface area is 244 Å². The molecule has 1 aliphatic heterocycles. The molecule has 2 heterocycles. The Bertz CT molecular complexity index is 1380. The van der Waals surface area contributed by atoms with Gasteiger partial charge in [0.05, 0.1) is 24.5 Å². The van der Waals surface area contributed by atoms with Gasteiger partial charge in [-0.15, -0.1) is 0 Å². The van der Waals surface area contributed by atoms with Gasteiger partial charge in [0.15, 0.2) is 0 Å². The van der Waals surface area contributed by atoms with Gasteiger partial charge < -0.3 is 9.15 Å². The first-order valence-electron chi connectivity index (χ1n) is 15.4. The van der Waals surface area contributed by atoms with Crippen molar-refractivity contribution in [3.05, 3.63) is 53.5 Å². The highest BCUT2D eigenvalue weighted by molar-refractivity contribution is 7.85. The van der Waals surface area contributed by atoms with Crippen molar-refractivity contribution in [3.63, 3.8) is 0 Å². The molecule has 7 rings (SSSR count). The molecule has 3 saturated carbocycles. The molecule has 0 radical (unpaired) electrons. The van der Waals surface area contributed by atoms with Crippen LogP contribution in [0.25, 0.3) is 0 Å². The van der Waals surface area contributed by atoms with Gasteiger partial charge in [0.1, 0.15) is 17.3 Å². The highest BCUT2D eigenvalue weighted by Gasteiger charge is 2.65. The van der Waals surface area contributed by atoms with Crippen molar-refractivity contribution < 1.29 is 26.9 Å². The predicted octanol–water partition coefficient (Wildman–Crippen LogP) is 5.86. The highest BCUT2D eigenvalue weighted by atomic mass is 32.2. The number of carbonyl (C=O) groups excluding carboxylic acids is 1. The minimum Gasteiger partial charge on any atom is -0.497 e. The van der Waals surface area contributed by atoms with Crippen LogP contribution in [0.15, 0.2) is 41.0 Å². The maximum atomic E-state index is 11.9. The third-order valence-corrected chi connectivity index (χ3v) is 12.8. The number of methoxy groups -OCH3 is 1. The Morgan fingerprint density at radius 1 is 1.10 bits per heavy atom. The maximum Gasteiger partial charge on any atom is 0.265 e. The SMILES string of the molecule is CC1(C)[C@@H]2CC[C@@]1(CS(=O)(=O)O)C(=O)C2.COc1ccc2c(c1)[C@@]13CCCC[C@H]1[C@@H](C2)N(CCc1ccco1)CC3. The molecule has 1 aromatic carbocycles. The molecule has 4 fully saturated rings. The molecular formula is C33H45NO6S. The zero-order valence-electron chi connectivity index (χ0n) is 24.7. The highest BCUT2D eigenvalue weighted by Crippen LogP contribution is 2.64. The molecule has 7 nitrogen and oxygen atoms in total. The van der Waals surface area contributed by atoms with Gasteiger partial charge in [-0.3, -0.25) is 14.2 Å². The first kappa shape index (κ1) is 28.9. The quantitative estimate of drug-likeness (QED) is 0.426. The van der Waals surface area contributed by atoms with Crippen molar-refractivity contribution in [1.82, 2.24) is 4.90 Å². The number of piperidine rings is 1. The van der Waals surface area contributed by atoms with Crippen LogP contribution in [0, 0.1) is 22.7 Å². The van der Waals surface area contributed by atoms with Crippen LogP contribution in [0.4, 0.5) is 0 Å². The number of benzene rings is 1. The number of carbonyl (C=O) groups is 1. The van der Waals surface area contributed by atoms with Crippen molar-refractivity contribution in [1.29, 1.82) is 0 Å². The van der Waals surface area contributed by atoms with E-state index in [0.29, 0.717) is 24.3 Å². The van der Waals surface area contributed by atoms with Crippen LogP contribution in [-0.2, 0) is 33.2 Å². The van der Waals surface area contributed by atoms with Crippen molar-refractivity contribution in [2.75, 3.05) is 26.0 Å². The van der Waals surface area contributed by atoms with Crippen LogP contribution < -0.4 is 4.74 Å². The zero-order valence-corrected chi connectivity index (χ0v) is 25.5. The number of hydrogen-bond donors (Lipinski definition) is 1. The van der Waals surface area contributed by atoms with Gasteiger partial charge >= 0.3 is 0 Å². The van der Waals surface area contributed by atoms with Gasteiger partial charge in [-0.2, -0.15) is 8.42 Å². The fourth-order valence-electron chi connectivity index (χ4n) is 9.60. The minimum absolute atomic E-state index is 0.0152. The topological polar surface area (TPSA) is 97.0 Å². The molecule has 1 saturated heterocycles. The molecule has 41 heavy (non-hydrogen) atoms. The monoisotopic (exact) mass is 583 g/mol. The lowest BCUT2D eigenvalue weighted by Crippen LogP contribution is -2.61. The van der Waals surface area contributed by atoms with Crippen molar-refractivity contribution in [3.8, 4) is 5.75 Å². The summed E-state index contributed by atoms with van der Waals surface area (Å²) in [6.45, 7) is 6.23. The number of furan rings is 1. The van der Waals surface area contributed by atoms with E-state index >= 15 is 0 Å². The van der Waals surface area contributed by atoms with E-state index in [0.717, 1.165) is 36.8 Å². The minimum atomic E-state index is -4.08. The summed E-state index contributed by atoms with van der Waals surface area (Å²) in [6.07, 6.45) is 12.8. The second-order valence-corrected chi connectivity index (χ2v) is 15.3. The summed E-state index contributed by atoms with van der Waals surface area (Å²) in [6, 6.07) is 11.7. The van der Waals surface area contributed by atoms with Crippen LogP contribution in [0.5, 0.6) is 5.75 Å². The number of nitrogens with zero attached hydrogens (tertiary/aromatic N) is 1. The zero-order chi connectivity index (χ0) is 29.0. The summed E-state index contributed by atoms with van der Waals surface area (Å²) in [4.78, 5) is 14.6. The Balaban J connectivity index is 0.000000172. The van der Waals surface area contributed by atoms with E-state index < -0.39 is 21.3 Å². The fourth-order valence-corrected chi connectivity index (χ4v) is 10.9. The maximum absolute atomic E-state index is 11.9.